The zero-order chi connectivity index (χ0) is 15.2. The van der Waals surface area contributed by atoms with Crippen LogP contribution in [-0.2, 0) is 4.74 Å². The summed E-state index contributed by atoms with van der Waals surface area (Å²) in [5.74, 6) is -0.886. The number of aromatic nitrogens is 2. The van der Waals surface area contributed by atoms with Crippen LogP contribution in [0.1, 0.15) is 24.3 Å². The Morgan fingerprint density at radius 1 is 1.29 bits per heavy atom. The van der Waals surface area contributed by atoms with Gasteiger partial charge in [-0.1, -0.05) is 18.2 Å². The van der Waals surface area contributed by atoms with E-state index in [0.717, 1.165) is 5.69 Å². The van der Waals surface area contributed by atoms with E-state index in [0.29, 0.717) is 6.61 Å². The molecule has 1 heterocycles. The van der Waals surface area contributed by atoms with Gasteiger partial charge in [0.05, 0.1) is 24.6 Å². The maximum Gasteiger partial charge on any atom is 0.360 e. The Balaban J connectivity index is 2.12. The minimum Gasteiger partial charge on any atom is -0.487 e. The lowest BCUT2D eigenvalue weighted by Crippen LogP contribution is -2.12. The van der Waals surface area contributed by atoms with Gasteiger partial charge >= 0.3 is 5.97 Å². The number of benzene rings is 1. The fourth-order valence-corrected chi connectivity index (χ4v) is 1.76. The number of hydrogen-bond acceptors (Lipinski definition) is 4. The van der Waals surface area contributed by atoms with Crippen LogP contribution in [0.3, 0.4) is 0 Å². The Bertz CT molecular complexity index is 593. The molecule has 6 nitrogen and oxygen atoms in total. The highest BCUT2D eigenvalue weighted by molar-refractivity contribution is 5.88. The zero-order valence-corrected chi connectivity index (χ0v) is 12.0. The zero-order valence-electron chi connectivity index (χ0n) is 12.0. The van der Waals surface area contributed by atoms with Crippen molar-refractivity contribution in [2.75, 3.05) is 13.2 Å². The van der Waals surface area contributed by atoms with E-state index in [1.807, 2.05) is 44.2 Å². The van der Waals surface area contributed by atoms with Gasteiger partial charge in [-0.05, 0) is 26.0 Å². The number of para-hydroxylation sites is 1. The van der Waals surface area contributed by atoms with Crippen LogP contribution in [0.25, 0.3) is 5.69 Å². The number of hydrogen-bond donors (Lipinski definition) is 1. The molecule has 0 atom stereocenters. The average Bonchev–Trinajstić information content (AvgIpc) is 2.89. The maximum absolute atomic E-state index is 11.2. The van der Waals surface area contributed by atoms with Crippen LogP contribution in [0.5, 0.6) is 5.75 Å². The van der Waals surface area contributed by atoms with Crippen molar-refractivity contribution in [3.05, 3.63) is 42.2 Å². The minimum atomic E-state index is -1.12. The molecule has 2 rings (SSSR count). The smallest absolute Gasteiger partial charge is 0.360 e. The summed E-state index contributed by atoms with van der Waals surface area (Å²) in [5.41, 5.74) is 0.664. The summed E-state index contributed by atoms with van der Waals surface area (Å²) in [6.45, 7) is 4.53. The van der Waals surface area contributed by atoms with Crippen LogP contribution in [0, 0.1) is 0 Å². The van der Waals surface area contributed by atoms with Gasteiger partial charge in [-0.3, -0.25) is 0 Å². The van der Waals surface area contributed by atoms with Crippen molar-refractivity contribution >= 4 is 5.97 Å². The lowest BCUT2D eigenvalue weighted by Gasteiger charge is -2.08. The molecule has 0 aliphatic heterocycles. The summed E-state index contributed by atoms with van der Waals surface area (Å²) in [7, 11) is 0. The third kappa shape index (κ3) is 4.06. The minimum absolute atomic E-state index is 0.108. The molecular weight excluding hydrogens is 272 g/mol. The van der Waals surface area contributed by atoms with Crippen molar-refractivity contribution in [3.63, 3.8) is 0 Å². The Morgan fingerprint density at radius 3 is 2.62 bits per heavy atom. The first-order valence-electron chi connectivity index (χ1n) is 6.70. The third-order valence-corrected chi connectivity index (χ3v) is 2.70. The van der Waals surface area contributed by atoms with E-state index in [9.17, 15) is 9.90 Å². The second kappa shape index (κ2) is 6.90. The SMILES string of the molecule is CC(C)OCCOc1cn(-c2ccccc2)nc1C(=O)O. The summed E-state index contributed by atoms with van der Waals surface area (Å²) in [5, 5.41) is 13.2. The maximum atomic E-state index is 11.2. The van der Waals surface area contributed by atoms with Crippen molar-refractivity contribution in [2.45, 2.75) is 20.0 Å². The molecule has 1 aromatic heterocycles. The molecule has 0 saturated carbocycles. The van der Waals surface area contributed by atoms with Crippen molar-refractivity contribution in [3.8, 4) is 11.4 Å². The molecule has 0 spiro atoms. The molecule has 0 aliphatic carbocycles. The first-order chi connectivity index (χ1) is 10.1. The standard InChI is InChI=1S/C15H18N2O4/c1-11(2)20-8-9-21-13-10-17(16-14(13)15(18)19)12-6-4-3-5-7-12/h3-7,10-11H,8-9H2,1-2H3,(H,18,19). The summed E-state index contributed by atoms with van der Waals surface area (Å²) in [6, 6.07) is 9.27. The number of carbonyl (C=O) groups is 1. The van der Waals surface area contributed by atoms with Gasteiger partial charge in [0, 0.05) is 0 Å². The van der Waals surface area contributed by atoms with E-state index in [2.05, 4.69) is 5.10 Å². The van der Waals surface area contributed by atoms with Crippen LogP contribution in [0.2, 0.25) is 0 Å². The van der Waals surface area contributed by atoms with Gasteiger partial charge in [-0.15, -0.1) is 0 Å². The Morgan fingerprint density at radius 2 is 2.00 bits per heavy atom. The summed E-state index contributed by atoms with van der Waals surface area (Å²) >= 11 is 0. The Labute approximate surface area is 122 Å². The molecule has 0 radical (unpaired) electrons. The van der Waals surface area contributed by atoms with Crippen molar-refractivity contribution < 1.29 is 19.4 Å². The van der Waals surface area contributed by atoms with Crippen molar-refractivity contribution in [2.24, 2.45) is 0 Å². The van der Waals surface area contributed by atoms with Gasteiger partial charge in [-0.25, -0.2) is 9.48 Å². The first-order valence-corrected chi connectivity index (χ1v) is 6.70. The highest BCUT2D eigenvalue weighted by Crippen LogP contribution is 2.19. The molecule has 0 amide bonds. The predicted octanol–water partition coefficient (Wildman–Crippen LogP) is 2.37. The predicted molar refractivity (Wildman–Crippen MR) is 77.1 cm³/mol. The fourth-order valence-electron chi connectivity index (χ4n) is 1.76. The van der Waals surface area contributed by atoms with Crippen LogP contribution in [-0.4, -0.2) is 40.2 Å². The van der Waals surface area contributed by atoms with E-state index < -0.39 is 5.97 Å². The van der Waals surface area contributed by atoms with Gasteiger partial charge in [0.1, 0.15) is 6.61 Å². The molecule has 1 aromatic carbocycles. The second-order valence-corrected chi connectivity index (χ2v) is 4.70. The lowest BCUT2D eigenvalue weighted by molar-refractivity contribution is 0.0538. The van der Waals surface area contributed by atoms with Gasteiger partial charge in [0.25, 0.3) is 0 Å². The van der Waals surface area contributed by atoms with Crippen molar-refractivity contribution in [1.82, 2.24) is 9.78 Å². The topological polar surface area (TPSA) is 73.6 Å². The largest absolute Gasteiger partial charge is 0.487 e. The normalized spacial score (nSPS) is 10.8. The monoisotopic (exact) mass is 290 g/mol. The lowest BCUT2D eigenvalue weighted by atomic mass is 10.3. The molecule has 0 unspecified atom stereocenters. The number of nitrogens with zero attached hydrogens (tertiary/aromatic N) is 2. The van der Waals surface area contributed by atoms with E-state index in [4.69, 9.17) is 9.47 Å². The molecule has 0 bridgehead atoms. The molecule has 6 heteroatoms. The van der Waals surface area contributed by atoms with E-state index in [-0.39, 0.29) is 24.2 Å². The summed E-state index contributed by atoms with van der Waals surface area (Å²) in [6.07, 6.45) is 1.67. The second-order valence-electron chi connectivity index (χ2n) is 4.70. The molecule has 0 saturated heterocycles. The number of carboxylic acid groups (broad SMARTS) is 1. The highest BCUT2D eigenvalue weighted by atomic mass is 16.5. The quantitative estimate of drug-likeness (QED) is 0.792. The molecule has 1 N–H and O–H groups in total. The molecule has 0 aliphatic rings. The number of ether oxygens (including phenoxy) is 2. The molecule has 2 aromatic rings. The van der Waals surface area contributed by atoms with E-state index in [1.165, 1.54) is 4.68 Å². The van der Waals surface area contributed by atoms with E-state index >= 15 is 0 Å². The number of rotatable bonds is 7. The van der Waals surface area contributed by atoms with Crippen LogP contribution < -0.4 is 4.74 Å². The van der Waals surface area contributed by atoms with Gasteiger partial charge < -0.3 is 14.6 Å². The van der Waals surface area contributed by atoms with Crippen molar-refractivity contribution in [1.29, 1.82) is 0 Å². The molecule has 112 valence electrons. The van der Waals surface area contributed by atoms with Gasteiger partial charge in [0.15, 0.2) is 5.75 Å². The molecule has 21 heavy (non-hydrogen) atoms. The average molecular weight is 290 g/mol. The molecular formula is C15H18N2O4. The fraction of sp³-hybridized carbons (Fsp3) is 0.333. The first kappa shape index (κ1) is 15.1. The van der Waals surface area contributed by atoms with Crippen LogP contribution in [0.4, 0.5) is 0 Å². The number of aromatic carboxylic acids is 1. The highest BCUT2D eigenvalue weighted by Gasteiger charge is 2.17. The van der Waals surface area contributed by atoms with E-state index in [1.54, 1.807) is 6.20 Å². The third-order valence-electron chi connectivity index (χ3n) is 2.70. The van der Waals surface area contributed by atoms with Gasteiger partial charge in [-0.2, -0.15) is 5.10 Å². The van der Waals surface area contributed by atoms with Crippen LogP contribution >= 0.6 is 0 Å². The van der Waals surface area contributed by atoms with Gasteiger partial charge in [0.2, 0.25) is 5.69 Å². The Hall–Kier alpha value is -2.34. The van der Waals surface area contributed by atoms with Crippen LogP contribution in [0.15, 0.2) is 36.5 Å². The summed E-state index contributed by atoms with van der Waals surface area (Å²) < 4.78 is 12.3. The molecule has 0 fully saturated rings. The Kier molecular flexibility index (Phi) is 4.94. The summed E-state index contributed by atoms with van der Waals surface area (Å²) in [4.78, 5) is 11.2. The number of carboxylic acids is 1.